The van der Waals surface area contributed by atoms with E-state index in [0.29, 0.717) is 11.7 Å². The van der Waals surface area contributed by atoms with Crippen LogP contribution >= 0.6 is 0 Å². The number of piperidine rings is 1. The van der Waals surface area contributed by atoms with Crippen LogP contribution in [0.25, 0.3) is 22.3 Å². The molecule has 0 saturated carbocycles. The third kappa shape index (κ3) is 3.09. The zero-order valence-electron chi connectivity index (χ0n) is 14.4. The standard InChI is InChI=1S/C18H23N4O.HI/c1-21-12-15(14-6-4-5-7-16(14)21)17-19-18(23-20-17)13-8-10-22(2,3)11-9-13;/h4-7,12-13H,8-11H2,1-3H3;1H/q+1;/p-1. The summed E-state index contributed by atoms with van der Waals surface area (Å²) in [4.78, 5) is 4.72. The fourth-order valence-electron chi connectivity index (χ4n) is 3.54. The quantitative estimate of drug-likeness (QED) is 0.424. The summed E-state index contributed by atoms with van der Waals surface area (Å²) in [6.07, 6.45) is 4.31. The third-order valence-corrected chi connectivity index (χ3v) is 5.09. The maximum Gasteiger partial charge on any atom is 0.230 e. The molecule has 1 fully saturated rings. The maximum atomic E-state index is 5.61. The highest BCUT2D eigenvalue weighted by atomic mass is 127. The first-order valence-corrected chi connectivity index (χ1v) is 8.23. The van der Waals surface area contributed by atoms with E-state index in [1.54, 1.807) is 0 Å². The predicted molar refractivity (Wildman–Crippen MR) is 90.0 cm³/mol. The van der Waals surface area contributed by atoms with Crippen LogP contribution in [-0.4, -0.2) is 46.4 Å². The van der Waals surface area contributed by atoms with Crippen LogP contribution in [0.1, 0.15) is 24.7 Å². The van der Waals surface area contributed by atoms with E-state index in [1.807, 2.05) is 13.1 Å². The molecule has 3 heterocycles. The first kappa shape index (κ1) is 17.4. The second kappa shape index (κ2) is 6.48. The van der Waals surface area contributed by atoms with Crippen molar-refractivity contribution in [2.75, 3.05) is 27.2 Å². The van der Waals surface area contributed by atoms with E-state index in [4.69, 9.17) is 9.51 Å². The number of para-hydroxylation sites is 1. The average molecular weight is 438 g/mol. The van der Waals surface area contributed by atoms with Gasteiger partial charge < -0.3 is 37.5 Å². The van der Waals surface area contributed by atoms with Crippen molar-refractivity contribution in [2.45, 2.75) is 18.8 Å². The number of aromatic nitrogens is 3. The lowest BCUT2D eigenvalue weighted by molar-refractivity contribution is -0.895. The molecular formula is C18H23IN4O. The van der Waals surface area contributed by atoms with E-state index in [1.165, 1.54) is 10.9 Å². The molecule has 1 aliphatic heterocycles. The number of nitrogens with zero attached hydrogens (tertiary/aromatic N) is 4. The smallest absolute Gasteiger partial charge is 0.230 e. The van der Waals surface area contributed by atoms with Crippen LogP contribution in [-0.2, 0) is 7.05 Å². The minimum Gasteiger partial charge on any atom is -1.00 e. The van der Waals surface area contributed by atoms with Crippen LogP contribution in [0.3, 0.4) is 0 Å². The number of hydrogen-bond donors (Lipinski definition) is 0. The number of fused-ring (bicyclic) bond motifs is 1. The maximum absolute atomic E-state index is 5.61. The van der Waals surface area contributed by atoms with Crippen LogP contribution < -0.4 is 24.0 Å². The Kier molecular flexibility index (Phi) is 4.70. The largest absolute Gasteiger partial charge is 1.00 e. The summed E-state index contributed by atoms with van der Waals surface area (Å²) in [7, 11) is 6.62. The topological polar surface area (TPSA) is 43.9 Å². The monoisotopic (exact) mass is 438 g/mol. The lowest BCUT2D eigenvalue weighted by Gasteiger charge is -2.35. The molecule has 2 aromatic heterocycles. The summed E-state index contributed by atoms with van der Waals surface area (Å²) in [5.41, 5.74) is 2.23. The zero-order chi connectivity index (χ0) is 16.0. The zero-order valence-corrected chi connectivity index (χ0v) is 16.5. The Bertz CT molecular complexity index is 842. The van der Waals surface area contributed by atoms with Gasteiger partial charge >= 0.3 is 0 Å². The van der Waals surface area contributed by atoms with Crippen molar-refractivity contribution in [2.24, 2.45) is 7.05 Å². The summed E-state index contributed by atoms with van der Waals surface area (Å²) < 4.78 is 8.80. The molecule has 0 spiro atoms. The van der Waals surface area contributed by atoms with Gasteiger partial charge in [0.15, 0.2) is 0 Å². The fourth-order valence-corrected chi connectivity index (χ4v) is 3.54. The molecule has 1 saturated heterocycles. The first-order chi connectivity index (χ1) is 11.0. The van der Waals surface area contributed by atoms with Crippen molar-refractivity contribution in [3.05, 3.63) is 36.4 Å². The van der Waals surface area contributed by atoms with Crippen LogP contribution in [0.2, 0.25) is 0 Å². The molecule has 0 N–H and O–H groups in total. The van der Waals surface area contributed by atoms with Gasteiger partial charge in [0, 0.05) is 48.5 Å². The number of likely N-dealkylation sites (tertiary alicyclic amines) is 1. The van der Waals surface area contributed by atoms with Crippen LogP contribution in [0.15, 0.2) is 35.0 Å². The number of benzene rings is 1. The molecule has 0 amide bonds. The summed E-state index contributed by atoms with van der Waals surface area (Å²) in [6.45, 7) is 2.33. The van der Waals surface area contributed by atoms with Gasteiger partial charge in [-0.2, -0.15) is 4.98 Å². The van der Waals surface area contributed by atoms with Crippen molar-refractivity contribution in [1.29, 1.82) is 0 Å². The number of rotatable bonds is 2. The molecule has 3 aromatic rings. The highest BCUT2D eigenvalue weighted by molar-refractivity contribution is 5.94. The van der Waals surface area contributed by atoms with E-state index in [0.717, 1.165) is 41.9 Å². The highest BCUT2D eigenvalue weighted by Gasteiger charge is 2.30. The minimum atomic E-state index is 0. The summed E-state index contributed by atoms with van der Waals surface area (Å²) in [5, 5.41) is 5.43. The third-order valence-electron chi connectivity index (χ3n) is 5.09. The molecule has 0 atom stereocenters. The van der Waals surface area contributed by atoms with Gasteiger partial charge in [-0.1, -0.05) is 23.4 Å². The summed E-state index contributed by atoms with van der Waals surface area (Å²) in [6, 6.07) is 8.33. The number of aryl methyl sites for hydroxylation is 1. The Balaban J connectivity index is 0.00000169. The molecule has 0 aliphatic carbocycles. The lowest BCUT2D eigenvalue weighted by Crippen LogP contribution is -3.00. The number of halogens is 1. The van der Waals surface area contributed by atoms with Gasteiger partial charge in [-0.15, -0.1) is 0 Å². The first-order valence-electron chi connectivity index (χ1n) is 8.23. The van der Waals surface area contributed by atoms with Crippen LogP contribution in [0.4, 0.5) is 0 Å². The Hall–Kier alpha value is -1.41. The molecule has 5 nitrogen and oxygen atoms in total. The average Bonchev–Trinajstić information content (AvgIpc) is 3.13. The van der Waals surface area contributed by atoms with E-state index in [9.17, 15) is 0 Å². The molecule has 128 valence electrons. The highest BCUT2D eigenvalue weighted by Crippen LogP contribution is 2.32. The van der Waals surface area contributed by atoms with E-state index >= 15 is 0 Å². The van der Waals surface area contributed by atoms with E-state index in [2.05, 4.69) is 48.2 Å². The molecule has 24 heavy (non-hydrogen) atoms. The molecule has 6 heteroatoms. The van der Waals surface area contributed by atoms with Gasteiger partial charge in [0.2, 0.25) is 11.7 Å². The minimum absolute atomic E-state index is 0. The Morgan fingerprint density at radius 3 is 2.62 bits per heavy atom. The molecule has 1 aliphatic rings. The SMILES string of the molecule is Cn1cc(-c2noc(C3CC[N+](C)(C)CC3)n2)c2ccccc21.[I-]. The number of quaternary nitrogens is 1. The fraction of sp³-hybridized carbons (Fsp3) is 0.444. The Morgan fingerprint density at radius 1 is 1.17 bits per heavy atom. The van der Waals surface area contributed by atoms with Crippen molar-refractivity contribution in [1.82, 2.24) is 14.7 Å². The number of hydrogen-bond acceptors (Lipinski definition) is 3. The lowest BCUT2D eigenvalue weighted by atomic mass is 9.96. The summed E-state index contributed by atoms with van der Waals surface area (Å²) >= 11 is 0. The summed E-state index contributed by atoms with van der Waals surface area (Å²) in [5.74, 6) is 1.90. The second-order valence-corrected chi connectivity index (χ2v) is 7.28. The Labute approximate surface area is 159 Å². The van der Waals surface area contributed by atoms with Gasteiger partial charge in [0.25, 0.3) is 0 Å². The van der Waals surface area contributed by atoms with Gasteiger partial charge in [-0.3, -0.25) is 0 Å². The normalized spacial score (nSPS) is 17.8. The Morgan fingerprint density at radius 2 is 1.88 bits per heavy atom. The van der Waals surface area contributed by atoms with Gasteiger partial charge in [-0.05, 0) is 6.07 Å². The van der Waals surface area contributed by atoms with Crippen molar-refractivity contribution >= 4 is 10.9 Å². The van der Waals surface area contributed by atoms with E-state index in [-0.39, 0.29) is 24.0 Å². The van der Waals surface area contributed by atoms with Crippen molar-refractivity contribution < 1.29 is 33.0 Å². The molecular weight excluding hydrogens is 415 g/mol. The van der Waals surface area contributed by atoms with Gasteiger partial charge in [0.05, 0.1) is 27.2 Å². The second-order valence-electron chi connectivity index (χ2n) is 7.28. The predicted octanol–water partition coefficient (Wildman–Crippen LogP) is 0.186. The van der Waals surface area contributed by atoms with E-state index < -0.39 is 0 Å². The van der Waals surface area contributed by atoms with Crippen molar-refractivity contribution in [3.8, 4) is 11.4 Å². The van der Waals surface area contributed by atoms with Crippen LogP contribution in [0.5, 0.6) is 0 Å². The molecule has 4 rings (SSSR count). The molecule has 0 radical (unpaired) electrons. The van der Waals surface area contributed by atoms with Gasteiger partial charge in [0.1, 0.15) is 0 Å². The molecule has 0 bridgehead atoms. The van der Waals surface area contributed by atoms with Gasteiger partial charge in [-0.25, -0.2) is 0 Å². The molecule has 0 unspecified atom stereocenters. The van der Waals surface area contributed by atoms with Crippen LogP contribution in [0, 0.1) is 0 Å². The molecule has 1 aromatic carbocycles. The van der Waals surface area contributed by atoms with Crippen molar-refractivity contribution in [3.63, 3.8) is 0 Å².